The number of amides is 1. The molecule has 2 aromatic rings. The van der Waals surface area contributed by atoms with Gasteiger partial charge in [-0.3, -0.25) is 9.69 Å². The van der Waals surface area contributed by atoms with E-state index in [9.17, 15) is 4.79 Å². The highest BCUT2D eigenvalue weighted by molar-refractivity contribution is 8.01. The van der Waals surface area contributed by atoms with Crippen molar-refractivity contribution < 1.29 is 4.79 Å². The molecule has 1 aliphatic rings. The van der Waals surface area contributed by atoms with E-state index in [0.717, 1.165) is 48.9 Å². The second kappa shape index (κ2) is 8.69. The standard InChI is InChI=1S/C17H24N4OS2/c1-2-23-16-7-6-14(24-16)17(22)20-13-5-3-4-10-21(11-13)12-15-18-8-9-19-15/h6-9,13H,2-5,10-12H2,1H3,(H,18,19)(H,20,22)/t13-/m0/s1. The number of rotatable bonds is 6. The fourth-order valence-corrected chi connectivity index (χ4v) is 4.94. The number of imidazole rings is 1. The highest BCUT2D eigenvalue weighted by atomic mass is 32.2. The van der Waals surface area contributed by atoms with Gasteiger partial charge in [-0.1, -0.05) is 13.3 Å². The van der Waals surface area contributed by atoms with Crippen molar-refractivity contribution >= 4 is 29.0 Å². The van der Waals surface area contributed by atoms with Crippen LogP contribution in [0.4, 0.5) is 0 Å². The van der Waals surface area contributed by atoms with Crippen LogP contribution in [0.25, 0.3) is 0 Å². The van der Waals surface area contributed by atoms with Gasteiger partial charge in [0.2, 0.25) is 0 Å². The second-order valence-corrected chi connectivity index (χ2v) is 8.64. The Bertz CT molecular complexity index is 641. The number of carbonyl (C=O) groups excluding carboxylic acids is 1. The number of aromatic amines is 1. The van der Waals surface area contributed by atoms with Gasteiger partial charge in [-0.05, 0) is 37.3 Å². The van der Waals surface area contributed by atoms with E-state index in [1.165, 1.54) is 10.6 Å². The minimum absolute atomic E-state index is 0.0628. The predicted octanol–water partition coefficient (Wildman–Crippen LogP) is 3.37. The number of H-pyrrole nitrogens is 1. The number of nitrogens with zero attached hydrogens (tertiary/aromatic N) is 2. The van der Waals surface area contributed by atoms with Gasteiger partial charge in [0.1, 0.15) is 5.82 Å². The van der Waals surface area contributed by atoms with Gasteiger partial charge in [0, 0.05) is 25.0 Å². The van der Waals surface area contributed by atoms with Crippen LogP contribution in [0.5, 0.6) is 0 Å². The van der Waals surface area contributed by atoms with Crippen molar-refractivity contribution in [2.24, 2.45) is 0 Å². The van der Waals surface area contributed by atoms with Crippen LogP contribution in [0.3, 0.4) is 0 Å². The molecule has 0 spiro atoms. The molecular weight excluding hydrogens is 340 g/mol. The van der Waals surface area contributed by atoms with Crippen LogP contribution in [0, 0.1) is 0 Å². The maximum Gasteiger partial charge on any atom is 0.261 e. The van der Waals surface area contributed by atoms with Gasteiger partial charge in [0.15, 0.2) is 0 Å². The minimum atomic E-state index is 0.0628. The monoisotopic (exact) mass is 364 g/mol. The molecule has 1 atom stereocenters. The number of thiophene rings is 1. The molecule has 0 unspecified atom stereocenters. The normalized spacial score (nSPS) is 19.1. The van der Waals surface area contributed by atoms with E-state index in [0.29, 0.717) is 0 Å². The Morgan fingerprint density at radius 1 is 1.50 bits per heavy atom. The van der Waals surface area contributed by atoms with Crippen LogP contribution in [0.1, 0.15) is 41.7 Å². The Hall–Kier alpha value is -1.31. The summed E-state index contributed by atoms with van der Waals surface area (Å²) in [4.78, 5) is 23.2. The first-order valence-electron chi connectivity index (χ1n) is 8.48. The molecule has 130 valence electrons. The fourth-order valence-electron chi connectivity index (χ4n) is 3.00. The Labute approximate surface area is 151 Å². The highest BCUT2D eigenvalue weighted by Crippen LogP contribution is 2.27. The van der Waals surface area contributed by atoms with Gasteiger partial charge >= 0.3 is 0 Å². The second-order valence-electron chi connectivity index (χ2n) is 5.99. The first-order valence-corrected chi connectivity index (χ1v) is 10.3. The number of aromatic nitrogens is 2. The smallest absolute Gasteiger partial charge is 0.261 e. The van der Waals surface area contributed by atoms with E-state index in [1.54, 1.807) is 29.3 Å². The Morgan fingerprint density at radius 2 is 2.42 bits per heavy atom. The molecule has 2 aromatic heterocycles. The Kier molecular flexibility index (Phi) is 6.34. The van der Waals surface area contributed by atoms with Crippen molar-refractivity contribution in [2.45, 2.75) is 43.0 Å². The third kappa shape index (κ3) is 4.84. The number of hydrogen-bond acceptors (Lipinski definition) is 5. The topological polar surface area (TPSA) is 61.0 Å². The van der Waals surface area contributed by atoms with Gasteiger partial charge in [-0.15, -0.1) is 23.1 Å². The molecule has 0 saturated carbocycles. The summed E-state index contributed by atoms with van der Waals surface area (Å²) in [5, 5.41) is 3.23. The predicted molar refractivity (Wildman–Crippen MR) is 99.7 cm³/mol. The summed E-state index contributed by atoms with van der Waals surface area (Å²) in [6.07, 6.45) is 7.01. The van der Waals surface area contributed by atoms with Crippen molar-refractivity contribution in [3.05, 3.63) is 35.2 Å². The van der Waals surface area contributed by atoms with Crippen molar-refractivity contribution in [2.75, 3.05) is 18.8 Å². The van der Waals surface area contributed by atoms with Crippen LogP contribution in [-0.4, -0.2) is 45.7 Å². The molecule has 0 bridgehead atoms. The van der Waals surface area contributed by atoms with E-state index >= 15 is 0 Å². The lowest BCUT2D eigenvalue weighted by molar-refractivity contribution is 0.0929. The summed E-state index contributed by atoms with van der Waals surface area (Å²) >= 11 is 3.37. The number of carbonyl (C=O) groups is 1. The third-order valence-electron chi connectivity index (χ3n) is 4.11. The largest absolute Gasteiger partial charge is 0.348 e. The molecule has 1 saturated heterocycles. The van der Waals surface area contributed by atoms with Gasteiger partial charge in [0.25, 0.3) is 5.91 Å². The van der Waals surface area contributed by atoms with E-state index in [-0.39, 0.29) is 11.9 Å². The zero-order valence-corrected chi connectivity index (χ0v) is 15.6. The summed E-state index contributed by atoms with van der Waals surface area (Å²) in [6, 6.07) is 4.19. The first-order chi connectivity index (χ1) is 11.7. The summed E-state index contributed by atoms with van der Waals surface area (Å²) in [5.74, 6) is 2.08. The molecule has 3 rings (SSSR count). The molecule has 3 heterocycles. The van der Waals surface area contributed by atoms with Crippen LogP contribution < -0.4 is 5.32 Å². The molecule has 7 heteroatoms. The summed E-state index contributed by atoms with van der Waals surface area (Å²) in [6.45, 7) is 4.89. The van der Waals surface area contributed by atoms with Crippen LogP contribution in [0.2, 0.25) is 0 Å². The fraction of sp³-hybridized carbons (Fsp3) is 0.529. The summed E-state index contributed by atoms with van der Waals surface area (Å²) in [5.41, 5.74) is 0. The zero-order chi connectivity index (χ0) is 16.8. The molecule has 1 amide bonds. The molecular formula is C17H24N4OS2. The highest BCUT2D eigenvalue weighted by Gasteiger charge is 2.21. The number of hydrogen-bond donors (Lipinski definition) is 2. The Morgan fingerprint density at radius 3 is 3.21 bits per heavy atom. The van der Waals surface area contributed by atoms with Crippen LogP contribution >= 0.6 is 23.1 Å². The molecule has 1 aliphatic heterocycles. The van der Waals surface area contributed by atoms with E-state index in [4.69, 9.17) is 0 Å². The van der Waals surface area contributed by atoms with Crippen molar-refractivity contribution in [3.63, 3.8) is 0 Å². The molecule has 5 nitrogen and oxygen atoms in total. The molecule has 0 aliphatic carbocycles. The number of nitrogens with one attached hydrogen (secondary N) is 2. The average Bonchev–Trinajstić information content (AvgIpc) is 3.19. The summed E-state index contributed by atoms with van der Waals surface area (Å²) < 4.78 is 1.21. The van der Waals surface area contributed by atoms with Crippen molar-refractivity contribution in [1.82, 2.24) is 20.2 Å². The van der Waals surface area contributed by atoms with Gasteiger partial charge in [0.05, 0.1) is 15.6 Å². The number of thioether (sulfide) groups is 1. The van der Waals surface area contributed by atoms with E-state index in [1.807, 2.05) is 18.3 Å². The van der Waals surface area contributed by atoms with E-state index in [2.05, 4.69) is 27.1 Å². The Balaban J connectivity index is 1.57. The molecule has 2 N–H and O–H groups in total. The van der Waals surface area contributed by atoms with Crippen LogP contribution in [-0.2, 0) is 6.54 Å². The quantitative estimate of drug-likeness (QED) is 0.772. The molecule has 1 fully saturated rings. The lowest BCUT2D eigenvalue weighted by atomic mass is 10.1. The average molecular weight is 365 g/mol. The lowest BCUT2D eigenvalue weighted by Gasteiger charge is -2.24. The van der Waals surface area contributed by atoms with Gasteiger partial charge in [-0.2, -0.15) is 0 Å². The minimum Gasteiger partial charge on any atom is -0.348 e. The zero-order valence-electron chi connectivity index (χ0n) is 14.0. The maximum atomic E-state index is 12.5. The van der Waals surface area contributed by atoms with Gasteiger partial charge in [-0.25, -0.2) is 4.98 Å². The van der Waals surface area contributed by atoms with Crippen molar-refractivity contribution in [1.29, 1.82) is 0 Å². The third-order valence-corrected chi connectivity index (χ3v) is 6.30. The molecule has 0 radical (unpaired) electrons. The lowest BCUT2D eigenvalue weighted by Crippen LogP contribution is -2.42. The molecule has 24 heavy (non-hydrogen) atoms. The van der Waals surface area contributed by atoms with Crippen LogP contribution in [0.15, 0.2) is 28.7 Å². The van der Waals surface area contributed by atoms with Gasteiger partial charge < -0.3 is 10.3 Å². The SMILES string of the molecule is CCSc1ccc(C(=O)N[C@H]2CCCCN(Cc3ncc[nH]3)C2)s1. The maximum absolute atomic E-state index is 12.5. The number of likely N-dealkylation sites (tertiary alicyclic amines) is 1. The first kappa shape index (κ1) is 17.5. The summed E-state index contributed by atoms with van der Waals surface area (Å²) in [7, 11) is 0. The van der Waals surface area contributed by atoms with E-state index < -0.39 is 0 Å². The van der Waals surface area contributed by atoms with Crippen molar-refractivity contribution in [3.8, 4) is 0 Å². The molecule has 0 aromatic carbocycles.